The van der Waals surface area contributed by atoms with Gasteiger partial charge in [0.2, 0.25) is 11.9 Å². The SMILES string of the molecule is O=C(Cc1csc(-c2ccc(Cl)cc2)n1)Nc1ccc(S(=O)(=O)Nc2ncccn2)cc1. The molecule has 2 aromatic heterocycles. The number of amides is 1. The highest BCUT2D eigenvalue weighted by atomic mass is 35.5. The van der Waals surface area contributed by atoms with E-state index in [0.29, 0.717) is 16.4 Å². The molecule has 0 bridgehead atoms. The van der Waals surface area contributed by atoms with Crippen LogP contribution in [-0.2, 0) is 21.2 Å². The van der Waals surface area contributed by atoms with Gasteiger partial charge in [-0.25, -0.2) is 28.1 Å². The van der Waals surface area contributed by atoms with Crippen LogP contribution in [0.2, 0.25) is 5.02 Å². The van der Waals surface area contributed by atoms with Gasteiger partial charge in [-0.2, -0.15) is 0 Å². The van der Waals surface area contributed by atoms with E-state index in [1.165, 1.54) is 48.0 Å². The Hall–Kier alpha value is -3.34. The first kappa shape index (κ1) is 21.9. The van der Waals surface area contributed by atoms with Gasteiger partial charge in [-0.15, -0.1) is 11.3 Å². The fraction of sp³-hybridized carbons (Fsp3) is 0.0476. The van der Waals surface area contributed by atoms with Gasteiger partial charge in [0, 0.05) is 34.0 Å². The zero-order valence-corrected chi connectivity index (χ0v) is 18.8. The number of rotatable bonds is 7. The smallest absolute Gasteiger partial charge is 0.264 e. The normalized spacial score (nSPS) is 11.2. The first-order valence-corrected chi connectivity index (χ1v) is 12.0. The summed E-state index contributed by atoms with van der Waals surface area (Å²) >= 11 is 7.35. The largest absolute Gasteiger partial charge is 0.326 e. The molecule has 0 saturated carbocycles. The summed E-state index contributed by atoms with van der Waals surface area (Å²) in [6.07, 6.45) is 2.96. The quantitative estimate of drug-likeness (QED) is 0.404. The van der Waals surface area contributed by atoms with Gasteiger partial charge in [-0.1, -0.05) is 23.7 Å². The predicted octanol–water partition coefficient (Wildman–Crippen LogP) is 4.24. The Morgan fingerprint density at radius 2 is 1.69 bits per heavy atom. The fourth-order valence-electron chi connectivity index (χ4n) is 2.73. The average molecular weight is 486 g/mol. The summed E-state index contributed by atoms with van der Waals surface area (Å²) < 4.78 is 27.1. The second-order valence-electron chi connectivity index (χ2n) is 6.58. The lowest BCUT2D eigenvalue weighted by Gasteiger charge is -2.08. The second-order valence-corrected chi connectivity index (χ2v) is 9.56. The molecule has 32 heavy (non-hydrogen) atoms. The van der Waals surface area contributed by atoms with Crippen molar-refractivity contribution in [2.24, 2.45) is 0 Å². The van der Waals surface area contributed by atoms with Crippen molar-refractivity contribution in [1.29, 1.82) is 0 Å². The van der Waals surface area contributed by atoms with Gasteiger partial charge in [0.25, 0.3) is 10.0 Å². The molecule has 0 atom stereocenters. The number of hydrogen-bond donors (Lipinski definition) is 2. The number of thiazole rings is 1. The standard InChI is InChI=1S/C21H16ClN5O3S2/c22-15-4-2-14(3-5-15)20-26-17(13-31-20)12-19(28)25-16-6-8-18(9-7-16)32(29,30)27-21-23-10-1-11-24-21/h1-11,13H,12H2,(H,25,28)(H,23,24,27). The van der Waals surface area contributed by atoms with E-state index < -0.39 is 10.0 Å². The number of halogens is 1. The predicted molar refractivity (Wildman–Crippen MR) is 124 cm³/mol. The number of aromatic nitrogens is 3. The lowest BCUT2D eigenvalue weighted by Crippen LogP contribution is -2.16. The van der Waals surface area contributed by atoms with Crippen molar-refractivity contribution >= 4 is 50.5 Å². The van der Waals surface area contributed by atoms with Crippen molar-refractivity contribution in [2.75, 3.05) is 10.0 Å². The topological polar surface area (TPSA) is 114 Å². The van der Waals surface area contributed by atoms with Gasteiger partial charge in [-0.05, 0) is 42.5 Å². The monoisotopic (exact) mass is 485 g/mol. The van der Waals surface area contributed by atoms with E-state index in [1.54, 1.807) is 18.2 Å². The Balaban J connectivity index is 1.37. The van der Waals surface area contributed by atoms with E-state index in [9.17, 15) is 13.2 Å². The Kier molecular flexibility index (Phi) is 6.45. The molecule has 0 aliphatic heterocycles. The summed E-state index contributed by atoms with van der Waals surface area (Å²) in [5, 5.41) is 6.02. The highest BCUT2D eigenvalue weighted by molar-refractivity contribution is 7.92. The minimum atomic E-state index is -3.84. The first-order valence-electron chi connectivity index (χ1n) is 9.29. The molecule has 4 rings (SSSR count). The molecule has 1 amide bonds. The van der Waals surface area contributed by atoms with Crippen LogP contribution in [0.5, 0.6) is 0 Å². The van der Waals surface area contributed by atoms with Crippen LogP contribution in [-0.4, -0.2) is 29.3 Å². The van der Waals surface area contributed by atoms with Crippen molar-refractivity contribution < 1.29 is 13.2 Å². The molecule has 0 spiro atoms. The summed E-state index contributed by atoms with van der Waals surface area (Å²) in [7, 11) is -3.84. The third kappa shape index (κ3) is 5.47. The molecule has 0 saturated heterocycles. The zero-order chi connectivity index (χ0) is 22.6. The van der Waals surface area contributed by atoms with Crippen LogP contribution >= 0.6 is 22.9 Å². The van der Waals surface area contributed by atoms with E-state index in [4.69, 9.17) is 11.6 Å². The molecule has 2 aromatic carbocycles. The van der Waals surface area contributed by atoms with Gasteiger partial charge in [0.05, 0.1) is 17.0 Å². The molecule has 4 aromatic rings. The van der Waals surface area contributed by atoms with Crippen LogP contribution in [0.25, 0.3) is 10.6 Å². The van der Waals surface area contributed by atoms with Crippen LogP contribution in [0.3, 0.4) is 0 Å². The summed E-state index contributed by atoms with van der Waals surface area (Å²) in [5.74, 6) is -0.282. The first-order chi connectivity index (χ1) is 15.4. The number of carbonyl (C=O) groups excluding carboxylic acids is 1. The number of nitrogens with zero attached hydrogens (tertiary/aromatic N) is 3. The van der Waals surface area contributed by atoms with Crippen molar-refractivity contribution in [3.8, 4) is 10.6 Å². The van der Waals surface area contributed by atoms with Gasteiger partial charge >= 0.3 is 0 Å². The third-order valence-electron chi connectivity index (χ3n) is 4.22. The number of sulfonamides is 1. The van der Waals surface area contributed by atoms with Gasteiger partial charge in [0.15, 0.2) is 0 Å². The molecule has 162 valence electrons. The van der Waals surface area contributed by atoms with Crippen LogP contribution in [0, 0.1) is 0 Å². The summed E-state index contributed by atoms with van der Waals surface area (Å²) in [6, 6.07) is 14.7. The number of anilines is 2. The zero-order valence-electron chi connectivity index (χ0n) is 16.4. The molecule has 2 heterocycles. The number of carbonyl (C=O) groups is 1. The van der Waals surface area contributed by atoms with Crippen molar-refractivity contribution in [2.45, 2.75) is 11.3 Å². The summed E-state index contributed by atoms with van der Waals surface area (Å²) in [6.45, 7) is 0. The molecular formula is C21H16ClN5O3S2. The molecule has 2 N–H and O–H groups in total. The van der Waals surface area contributed by atoms with E-state index in [-0.39, 0.29) is 23.2 Å². The van der Waals surface area contributed by atoms with Crippen molar-refractivity contribution in [3.63, 3.8) is 0 Å². The maximum atomic E-state index is 12.4. The Labute approximate surface area is 193 Å². The fourth-order valence-corrected chi connectivity index (χ4v) is 4.64. The lowest BCUT2D eigenvalue weighted by atomic mass is 10.2. The molecular weight excluding hydrogens is 470 g/mol. The molecule has 0 radical (unpaired) electrons. The van der Waals surface area contributed by atoms with Gasteiger partial charge in [-0.3, -0.25) is 4.79 Å². The number of hydrogen-bond acceptors (Lipinski definition) is 7. The minimum absolute atomic E-state index is 0.0221. The van der Waals surface area contributed by atoms with E-state index in [2.05, 4.69) is 25.0 Å². The van der Waals surface area contributed by atoms with Gasteiger partial charge in [0.1, 0.15) is 5.01 Å². The average Bonchev–Trinajstić information content (AvgIpc) is 3.23. The van der Waals surface area contributed by atoms with E-state index in [1.807, 2.05) is 17.5 Å². The minimum Gasteiger partial charge on any atom is -0.326 e. The van der Waals surface area contributed by atoms with E-state index in [0.717, 1.165) is 10.6 Å². The lowest BCUT2D eigenvalue weighted by molar-refractivity contribution is -0.115. The maximum absolute atomic E-state index is 12.4. The number of benzene rings is 2. The van der Waals surface area contributed by atoms with Crippen LogP contribution in [0.4, 0.5) is 11.6 Å². The van der Waals surface area contributed by atoms with Crippen molar-refractivity contribution in [1.82, 2.24) is 15.0 Å². The van der Waals surface area contributed by atoms with Gasteiger partial charge < -0.3 is 5.32 Å². The second kappa shape index (κ2) is 9.43. The Morgan fingerprint density at radius 1 is 1.00 bits per heavy atom. The summed E-state index contributed by atoms with van der Waals surface area (Å²) in [4.78, 5) is 24.6. The highest BCUT2D eigenvalue weighted by Gasteiger charge is 2.16. The van der Waals surface area contributed by atoms with Crippen LogP contribution in [0.1, 0.15) is 5.69 Å². The Bertz CT molecular complexity index is 1330. The molecule has 11 heteroatoms. The van der Waals surface area contributed by atoms with Crippen molar-refractivity contribution in [3.05, 3.63) is 83.1 Å². The van der Waals surface area contributed by atoms with E-state index >= 15 is 0 Å². The molecule has 0 unspecified atom stereocenters. The maximum Gasteiger partial charge on any atom is 0.264 e. The number of nitrogens with one attached hydrogen (secondary N) is 2. The molecule has 8 nitrogen and oxygen atoms in total. The third-order valence-corrected chi connectivity index (χ3v) is 6.76. The Morgan fingerprint density at radius 3 is 2.38 bits per heavy atom. The summed E-state index contributed by atoms with van der Waals surface area (Å²) in [5.41, 5.74) is 2.04. The molecule has 0 fully saturated rings. The molecule has 0 aliphatic carbocycles. The highest BCUT2D eigenvalue weighted by Crippen LogP contribution is 2.25. The van der Waals surface area contributed by atoms with Crippen LogP contribution < -0.4 is 10.0 Å². The van der Waals surface area contributed by atoms with Crippen LogP contribution in [0.15, 0.2) is 77.3 Å². The molecule has 0 aliphatic rings.